The summed E-state index contributed by atoms with van der Waals surface area (Å²) >= 11 is 1.50. The number of ether oxygens (including phenoxy) is 2. The minimum absolute atomic E-state index is 0.0125. The van der Waals surface area contributed by atoms with E-state index in [-0.39, 0.29) is 41.2 Å². The molecule has 3 unspecified atom stereocenters. The predicted molar refractivity (Wildman–Crippen MR) is 172 cm³/mol. The quantitative estimate of drug-likeness (QED) is 0.427. The number of likely N-dealkylation sites (tertiary alicyclic amines) is 1. The number of para-hydroxylation sites is 1. The van der Waals surface area contributed by atoms with Crippen LogP contribution in [0.1, 0.15) is 24.8 Å². The van der Waals surface area contributed by atoms with Crippen molar-refractivity contribution in [3.63, 3.8) is 0 Å². The molecule has 2 aromatic carbocycles. The summed E-state index contributed by atoms with van der Waals surface area (Å²) in [5, 5.41) is 9.88. The minimum atomic E-state index is -0.225. The van der Waals surface area contributed by atoms with Crippen LogP contribution in [0.3, 0.4) is 0 Å². The van der Waals surface area contributed by atoms with E-state index in [1.54, 1.807) is 0 Å². The second-order valence-electron chi connectivity index (χ2n) is 12.3. The Bertz CT molecular complexity index is 1480. The van der Waals surface area contributed by atoms with E-state index in [9.17, 15) is 14.4 Å². The van der Waals surface area contributed by atoms with Crippen molar-refractivity contribution in [1.82, 2.24) is 25.8 Å². The van der Waals surface area contributed by atoms with Crippen LogP contribution in [0.15, 0.2) is 59.1 Å². The number of rotatable bonds is 7. The molecule has 2 aromatic rings. The lowest BCUT2D eigenvalue weighted by Gasteiger charge is -2.46. The molecule has 238 valence electrons. The summed E-state index contributed by atoms with van der Waals surface area (Å²) in [6.07, 6.45) is 2.43. The Balaban J connectivity index is 1.04. The highest BCUT2D eigenvalue weighted by Gasteiger charge is 2.52. The first kappa shape index (κ1) is 30.1. The molecule has 0 bridgehead atoms. The van der Waals surface area contributed by atoms with E-state index < -0.39 is 0 Å². The van der Waals surface area contributed by atoms with Crippen LogP contribution in [0.5, 0.6) is 11.5 Å². The SMILES string of the molecule is Cc1cc(Oc2ccccc2)ccc1N1C(=O)NC2=C(C(=O)N[C@@H]3CCCN(C(=O)CN4CCOCC4)C3)SC3NCCC1C23. The number of anilines is 1. The second kappa shape index (κ2) is 13.0. The lowest BCUT2D eigenvalue weighted by molar-refractivity contribution is -0.135. The molecule has 4 fully saturated rings. The number of benzene rings is 2. The van der Waals surface area contributed by atoms with E-state index in [0.717, 1.165) is 55.9 Å². The van der Waals surface area contributed by atoms with Crippen molar-refractivity contribution in [2.45, 2.75) is 43.6 Å². The molecule has 0 radical (unpaired) electrons. The van der Waals surface area contributed by atoms with Gasteiger partial charge < -0.3 is 30.3 Å². The standard InChI is InChI=1S/C33H40N6O5S/c1-21-18-24(44-23-7-3-2-4-8-23)9-10-25(21)39-26-11-12-34-32-28(26)29(36-33(39)42)30(45-32)31(41)35-22-6-5-13-38(19-22)27(40)20-37-14-16-43-17-15-37/h2-4,7-10,18,22,26,28,32,34H,5-6,11-17,19-20H2,1H3,(H,35,41)(H,36,42)/t22-,26?,28?,32?/m1/s1. The largest absolute Gasteiger partial charge is 0.457 e. The average Bonchev–Trinajstić information content (AvgIpc) is 3.42. The van der Waals surface area contributed by atoms with Crippen LogP contribution in [0.4, 0.5) is 10.5 Å². The van der Waals surface area contributed by atoms with Gasteiger partial charge in [0.2, 0.25) is 5.91 Å². The zero-order valence-corrected chi connectivity index (χ0v) is 26.3. The molecule has 0 saturated carbocycles. The fourth-order valence-corrected chi connectivity index (χ4v) is 8.51. The van der Waals surface area contributed by atoms with E-state index in [1.165, 1.54) is 11.8 Å². The zero-order valence-electron chi connectivity index (χ0n) is 25.5. The number of urea groups is 1. The highest BCUT2D eigenvalue weighted by molar-refractivity contribution is 8.04. The van der Waals surface area contributed by atoms with Crippen LogP contribution in [0.2, 0.25) is 0 Å². The predicted octanol–water partition coefficient (Wildman–Crippen LogP) is 3.02. The number of aryl methyl sites for hydroxylation is 1. The summed E-state index contributed by atoms with van der Waals surface area (Å²) in [7, 11) is 0. The summed E-state index contributed by atoms with van der Waals surface area (Å²) in [6.45, 7) is 7.18. The van der Waals surface area contributed by atoms with Crippen LogP contribution in [0, 0.1) is 12.8 Å². The Kier molecular flexibility index (Phi) is 8.72. The van der Waals surface area contributed by atoms with Crippen molar-refractivity contribution in [2.75, 3.05) is 57.4 Å². The van der Waals surface area contributed by atoms with E-state index in [1.807, 2.05) is 65.3 Å². The third-order valence-electron chi connectivity index (χ3n) is 9.33. The first-order valence-corrected chi connectivity index (χ1v) is 16.8. The third-order valence-corrected chi connectivity index (χ3v) is 10.7. The van der Waals surface area contributed by atoms with Crippen molar-refractivity contribution >= 4 is 35.3 Å². The van der Waals surface area contributed by atoms with Gasteiger partial charge in [0.25, 0.3) is 5.91 Å². The van der Waals surface area contributed by atoms with Crippen LogP contribution < -0.4 is 25.6 Å². The van der Waals surface area contributed by atoms with Crippen molar-refractivity contribution in [1.29, 1.82) is 0 Å². The second-order valence-corrected chi connectivity index (χ2v) is 13.5. The zero-order chi connectivity index (χ0) is 30.9. The lowest BCUT2D eigenvalue weighted by Crippen LogP contribution is -2.62. The number of piperidine rings is 2. The van der Waals surface area contributed by atoms with Gasteiger partial charge in [0.1, 0.15) is 11.5 Å². The Morgan fingerprint density at radius 2 is 1.89 bits per heavy atom. The molecule has 5 heterocycles. The van der Waals surface area contributed by atoms with Crippen LogP contribution in [-0.2, 0) is 14.3 Å². The lowest BCUT2D eigenvalue weighted by atomic mass is 9.86. The number of carbonyl (C=O) groups excluding carboxylic acids is 3. The Hall–Kier alpha value is -3.58. The Labute approximate surface area is 267 Å². The maximum absolute atomic E-state index is 13.7. The Morgan fingerprint density at radius 3 is 2.69 bits per heavy atom. The molecule has 0 aromatic heterocycles. The molecule has 4 saturated heterocycles. The number of amides is 4. The highest BCUT2D eigenvalue weighted by atomic mass is 32.2. The van der Waals surface area contributed by atoms with Gasteiger partial charge in [0.05, 0.1) is 36.1 Å². The number of hydrogen-bond acceptors (Lipinski definition) is 8. The normalized spacial score (nSPS) is 26.7. The van der Waals surface area contributed by atoms with E-state index >= 15 is 0 Å². The van der Waals surface area contributed by atoms with Gasteiger partial charge in [-0.3, -0.25) is 19.4 Å². The van der Waals surface area contributed by atoms with Crippen LogP contribution >= 0.6 is 11.8 Å². The number of hydrogen-bond donors (Lipinski definition) is 3. The van der Waals surface area contributed by atoms with E-state index in [2.05, 4.69) is 20.9 Å². The number of morpholine rings is 1. The van der Waals surface area contributed by atoms with Gasteiger partial charge in [0, 0.05) is 49.5 Å². The minimum Gasteiger partial charge on any atom is -0.457 e. The molecular weight excluding hydrogens is 592 g/mol. The fourth-order valence-electron chi connectivity index (χ4n) is 7.11. The van der Waals surface area contributed by atoms with E-state index in [0.29, 0.717) is 49.2 Å². The maximum Gasteiger partial charge on any atom is 0.326 e. The molecule has 4 atom stereocenters. The molecule has 45 heavy (non-hydrogen) atoms. The number of carbonyl (C=O) groups is 3. The monoisotopic (exact) mass is 632 g/mol. The molecule has 5 aliphatic heterocycles. The van der Waals surface area contributed by atoms with Gasteiger partial charge in [-0.05, 0) is 68.6 Å². The van der Waals surface area contributed by atoms with Gasteiger partial charge in [-0.15, -0.1) is 0 Å². The number of nitrogens with zero attached hydrogens (tertiary/aromatic N) is 3. The fraction of sp³-hybridized carbons (Fsp3) is 0.485. The Morgan fingerprint density at radius 1 is 1.07 bits per heavy atom. The molecule has 5 aliphatic rings. The topological polar surface area (TPSA) is 115 Å². The van der Waals surface area contributed by atoms with Gasteiger partial charge in [-0.2, -0.15) is 0 Å². The van der Waals surface area contributed by atoms with Gasteiger partial charge in [-0.1, -0.05) is 30.0 Å². The molecule has 0 aliphatic carbocycles. The van der Waals surface area contributed by atoms with Crippen LogP contribution in [0.25, 0.3) is 0 Å². The molecule has 11 nitrogen and oxygen atoms in total. The van der Waals surface area contributed by atoms with Crippen molar-refractivity contribution in [3.05, 3.63) is 64.7 Å². The molecule has 3 N–H and O–H groups in total. The number of nitrogens with one attached hydrogen (secondary N) is 3. The van der Waals surface area contributed by atoms with Gasteiger partial charge >= 0.3 is 6.03 Å². The molecule has 7 rings (SSSR count). The van der Waals surface area contributed by atoms with Crippen molar-refractivity contribution < 1.29 is 23.9 Å². The summed E-state index contributed by atoms with van der Waals surface area (Å²) < 4.78 is 11.4. The summed E-state index contributed by atoms with van der Waals surface area (Å²) in [5.74, 6) is 1.35. The molecular formula is C33H40N6O5S. The summed E-state index contributed by atoms with van der Waals surface area (Å²) in [6, 6.07) is 15.0. The molecule has 12 heteroatoms. The first-order chi connectivity index (χ1) is 21.9. The maximum atomic E-state index is 13.7. The van der Waals surface area contributed by atoms with E-state index in [4.69, 9.17) is 9.47 Å². The summed E-state index contributed by atoms with van der Waals surface area (Å²) in [5.41, 5.74) is 2.48. The van der Waals surface area contributed by atoms with Gasteiger partial charge in [-0.25, -0.2) is 4.79 Å². The van der Waals surface area contributed by atoms with Crippen molar-refractivity contribution in [2.24, 2.45) is 5.92 Å². The van der Waals surface area contributed by atoms with Gasteiger partial charge in [0.15, 0.2) is 0 Å². The smallest absolute Gasteiger partial charge is 0.326 e. The van der Waals surface area contributed by atoms with Crippen molar-refractivity contribution in [3.8, 4) is 11.5 Å². The summed E-state index contributed by atoms with van der Waals surface area (Å²) in [4.78, 5) is 46.9. The molecule has 0 spiro atoms. The molecule has 4 amide bonds. The average molecular weight is 633 g/mol. The highest BCUT2D eigenvalue weighted by Crippen LogP contribution is 2.48. The number of thioether (sulfide) groups is 1. The van der Waals surface area contributed by atoms with Crippen LogP contribution in [-0.4, -0.2) is 97.6 Å². The first-order valence-electron chi connectivity index (χ1n) is 15.9. The third kappa shape index (κ3) is 6.29.